The molecule has 0 unspecified atom stereocenters. The summed E-state index contributed by atoms with van der Waals surface area (Å²) >= 11 is 0. The zero-order chi connectivity index (χ0) is 30.0. The molecule has 1 aliphatic carbocycles. The minimum Gasteiger partial charge on any atom is -0.491 e. The molecular formula is C29H29F5N4O4. The fourth-order valence-corrected chi connectivity index (χ4v) is 6.52. The number of aliphatic hydroxyl groups is 1. The van der Waals surface area contributed by atoms with E-state index in [9.17, 15) is 36.6 Å². The molecular weight excluding hydrogens is 563 g/mol. The number of hydrogen-bond donors (Lipinski definition) is 2. The van der Waals surface area contributed by atoms with Crippen LogP contribution in [-0.2, 0) is 16.4 Å². The van der Waals surface area contributed by atoms with Crippen LogP contribution in [0.5, 0.6) is 5.75 Å². The highest BCUT2D eigenvalue weighted by molar-refractivity contribution is 6.06. The SMILES string of the molecule is C[C@]1(O)C[C@@H](n2c(=O)cc(C(F)(F)F)c3cc(OCCN4CCC5(CC4)C(=O)Nc4ccc(C(F)F)cc45)cnc32)C1. The molecule has 1 aromatic carbocycles. The maximum atomic E-state index is 13.9. The lowest BCUT2D eigenvalue weighted by atomic mass is 9.73. The molecule has 42 heavy (non-hydrogen) atoms. The van der Waals surface area contributed by atoms with Crippen molar-refractivity contribution in [2.75, 3.05) is 31.6 Å². The fourth-order valence-electron chi connectivity index (χ4n) is 6.52. The number of nitrogens with one attached hydrogen (secondary N) is 1. The molecule has 13 heteroatoms. The first-order valence-corrected chi connectivity index (χ1v) is 13.7. The predicted octanol–water partition coefficient (Wildman–Crippen LogP) is 4.80. The van der Waals surface area contributed by atoms with Gasteiger partial charge in [0.25, 0.3) is 12.0 Å². The van der Waals surface area contributed by atoms with Gasteiger partial charge in [-0.3, -0.25) is 19.1 Å². The maximum absolute atomic E-state index is 13.9. The van der Waals surface area contributed by atoms with Crippen LogP contribution in [0.2, 0.25) is 0 Å². The summed E-state index contributed by atoms with van der Waals surface area (Å²) in [5.41, 5.74) is -2.90. The molecule has 2 N–H and O–H groups in total. The van der Waals surface area contributed by atoms with E-state index < -0.39 is 40.8 Å². The molecule has 224 valence electrons. The average Bonchev–Trinajstić information content (AvgIpc) is 3.17. The Kier molecular flexibility index (Phi) is 6.80. The Bertz CT molecular complexity index is 1600. The molecule has 8 nitrogen and oxygen atoms in total. The van der Waals surface area contributed by atoms with Crippen LogP contribution in [0.4, 0.5) is 27.6 Å². The lowest BCUT2D eigenvalue weighted by Gasteiger charge is -2.42. The summed E-state index contributed by atoms with van der Waals surface area (Å²) in [5, 5.41) is 12.6. The van der Waals surface area contributed by atoms with Crippen LogP contribution in [0.1, 0.15) is 61.8 Å². The third kappa shape index (κ3) is 4.91. The van der Waals surface area contributed by atoms with Gasteiger partial charge in [0.1, 0.15) is 18.0 Å². The number of anilines is 1. The number of aromatic nitrogens is 2. The highest BCUT2D eigenvalue weighted by Gasteiger charge is 2.48. The highest BCUT2D eigenvalue weighted by atomic mass is 19.4. The van der Waals surface area contributed by atoms with Gasteiger partial charge < -0.3 is 15.2 Å². The molecule has 2 aromatic heterocycles. The van der Waals surface area contributed by atoms with Crippen molar-refractivity contribution in [2.24, 2.45) is 0 Å². The van der Waals surface area contributed by atoms with Crippen LogP contribution in [0.25, 0.3) is 11.0 Å². The minimum absolute atomic E-state index is 0.107. The third-order valence-corrected chi connectivity index (χ3v) is 8.77. The minimum atomic E-state index is -4.78. The Labute approximate surface area is 237 Å². The van der Waals surface area contributed by atoms with Crippen molar-refractivity contribution in [3.8, 4) is 5.75 Å². The van der Waals surface area contributed by atoms with E-state index in [0.29, 0.717) is 49.8 Å². The molecule has 4 heterocycles. The number of hydrogen-bond acceptors (Lipinski definition) is 6. The van der Waals surface area contributed by atoms with Crippen LogP contribution >= 0.6 is 0 Å². The number of amides is 1. The van der Waals surface area contributed by atoms with Crippen molar-refractivity contribution >= 4 is 22.6 Å². The van der Waals surface area contributed by atoms with Gasteiger partial charge in [0.2, 0.25) is 5.91 Å². The molecule has 3 aliphatic rings. The maximum Gasteiger partial charge on any atom is 0.417 e. The number of halogens is 5. The van der Waals surface area contributed by atoms with Crippen LogP contribution in [0.15, 0.2) is 41.3 Å². The van der Waals surface area contributed by atoms with Crippen molar-refractivity contribution < 1.29 is 36.6 Å². The number of nitrogens with zero attached hydrogens (tertiary/aromatic N) is 3. The van der Waals surface area contributed by atoms with Gasteiger partial charge in [-0.15, -0.1) is 0 Å². The van der Waals surface area contributed by atoms with E-state index in [1.165, 1.54) is 35.0 Å². The van der Waals surface area contributed by atoms with E-state index in [2.05, 4.69) is 10.3 Å². The largest absolute Gasteiger partial charge is 0.491 e. The van der Waals surface area contributed by atoms with E-state index in [4.69, 9.17) is 4.74 Å². The number of carbonyl (C=O) groups is 1. The second kappa shape index (κ2) is 10.0. The normalized spacial score (nSPS) is 23.7. The second-order valence-electron chi connectivity index (χ2n) is 11.7. The topological polar surface area (TPSA) is 96.7 Å². The summed E-state index contributed by atoms with van der Waals surface area (Å²) < 4.78 is 75.1. The van der Waals surface area contributed by atoms with Gasteiger partial charge >= 0.3 is 6.18 Å². The molecule has 6 rings (SSSR count). The van der Waals surface area contributed by atoms with Gasteiger partial charge in [0.05, 0.1) is 22.8 Å². The quantitative estimate of drug-likeness (QED) is 0.400. The van der Waals surface area contributed by atoms with Crippen LogP contribution in [0.3, 0.4) is 0 Å². The smallest absolute Gasteiger partial charge is 0.417 e. The van der Waals surface area contributed by atoms with E-state index in [1.54, 1.807) is 6.92 Å². The van der Waals surface area contributed by atoms with Gasteiger partial charge in [0.15, 0.2) is 0 Å². The Balaban J connectivity index is 1.15. The summed E-state index contributed by atoms with van der Waals surface area (Å²) in [5.74, 6) is -0.0950. The summed E-state index contributed by atoms with van der Waals surface area (Å²) in [6.07, 6.45) is -4.84. The molecule has 0 atom stereocenters. The molecule has 1 spiro atoms. The second-order valence-corrected chi connectivity index (χ2v) is 11.7. The number of pyridine rings is 2. The average molecular weight is 593 g/mol. The Hall–Kier alpha value is -3.58. The summed E-state index contributed by atoms with van der Waals surface area (Å²) in [7, 11) is 0. The number of fused-ring (bicyclic) bond motifs is 3. The van der Waals surface area contributed by atoms with Gasteiger partial charge in [-0.05, 0) is 69.5 Å². The number of ether oxygens (including phenoxy) is 1. The summed E-state index contributed by atoms with van der Waals surface area (Å²) in [6.45, 7) is 3.15. The van der Waals surface area contributed by atoms with Crippen molar-refractivity contribution in [1.29, 1.82) is 0 Å². The van der Waals surface area contributed by atoms with E-state index >= 15 is 0 Å². The number of alkyl halides is 5. The van der Waals surface area contributed by atoms with E-state index in [1.807, 2.05) is 4.90 Å². The summed E-state index contributed by atoms with van der Waals surface area (Å²) in [4.78, 5) is 31.8. The zero-order valence-electron chi connectivity index (χ0n) is 22.7. The van der Waals surface area contributed by atoms with E-state index in [-0.39, 0.29) is 47.7 Å². The first-order valence-electron chi connectivity index (χ1n) is 13.7. The number of carbonyl (C=O) groups excluding carboxylic acids is 1. The zero-order valence-corrected chi connectivity index (χ0v) is 22.7. The fraction of sp³-hybridized carbons (Fsp3) is 0.483. The van der Waals surface area contributed by atoms with Crippen LogP contribution in [-0.4, -0.2) is 57.3 Å². The monoisotopic (exact) mass is 592 g/mol. The highest BCUT2D eigenvalue weighted by Crippen LogP contribution is 2.46. The van der Waals surface area contributed by atoms with Crippen LogP contribution in [0, 0.1) is 0 Å². The van der Waals surface area contributed by atoms with E-state index in [0.717, 1.165) is 0 Å². The van der Waals surface area contributed by atoms with Gasteiger partial charge in [0, 0.05) is 35.3 Å². The first kappa shape index (κ1) is 28.5. The Morgan fingerprint density at radius 2 is 1.86 bits per heavy atom. The predicted molar refractivity (Wildman–Crippen MR) is 143 cm³/mol. The standard InChI is InChI=1S/C29H29F5N4O4/c1-27(41)13-17(14-27)38-23(39)12-20(29(32,33)34)19-11-18(15-35-25(19)38)42-9-8-37-6-4-28(5-7-37)21-10-16(24(30)31)2-3-22(21)36-26(28)40/h2-3,10-12,15,17,24,41H,4-9,13-14H2,1H3,(H,36,40)/t17-,27+. The molecule has 1 saturated carbocycles. The van der Waals surface area contributed by atoms with Crippen molar-refractivity contribution in [2.45, 2.75) is 62.3 Å². The summed E-state index contributed by atoms with van der Waals surface area (Å²) in [6, 6.07) is 5.56. The Morgan fingerprint density at radius 3 is 2.50 bits per heavy atom. The lowest BCUT2D eigenvalue weighted by Crippen LogP contribution is -2.47. The van der Waals surface area contributed by atoms with Crippen molar-refractivity contribution in [3.05, 3.63) is 63.6 Å². The van der Waals surface area contributed by atoms with Crippen molar-refractivity contribution in [3.63, 3.8) is 0 Å². The number of rotatable bonds is 6. The molecule has 1 amide bonds. The molecule has 0 bridgehead atoms. The van der Waals surface area contributed by atoms with Crippen LogP contribution < -0.4 is 15.6 Å². The molecule has 3 aromatic rings. The molecule has 0 radical (unpaired) electrons. The number of likely N-dealkylation sites (tertiary alicyclic amines) is 1. The van der Waals surface area contributed by atoms with Gasteiger partial charge in [-0.1, -0.05) is 6.07 Å². The Morgan fingerprint density at radius 1 is 1.14 bits per heavy atom. The molecule has 2 fully saturated rings. The lowest BCUT2D eigenvalue weighted by molar-refractivity contribution is -0.136. The molecule has 1 saturated heterocycles. The number of benzene rings is 1. The number of piperidine rings is 1. The first-order chi connectivity index (χ1) is 19.8. The molecule has 2 aliphatic heterocycles. The van der Waals surface area contributed by atoms with Crippen molar-refractivity contribution in [1.82, 2.24) is 14.5 Å². The third-order valence-electron chi connectivity index (χ3n) is 8.77. The van der Waals surface area contributed by atoms with Gasteiger partial charge in [-0.2, -0.15) is 13.2 Å². The van der Waals surface area contributed by atoms with Gasteiger partial charge in [-0.25, -0.2) is 13.8 Å².